The number of pyridine rings is 1. The van der Waals surface area contributed by atoms with Gasteiger partial charge in [-0.15, -0.1) is 0 Å². The minimum Gasteiger partial charge on any atom is -0.461 e. The van der Waals surface area contributed by atoms with E-state index in [-0.39, 0.29) is 35.8 Å². The zero-order valence-corrected chi connectivity index (χ0v) is 25.2. The van der Waals surface area contributed by atoms with Crippen molar-refractivity contribution < 1.29 is 18.3 Å². The van der Waals surface area contributed by atoms with Crippen molar-refractivity contribution in [2.75, 3.05) is 44.7 Å². The summed E-state index contributed by atoms with van der Waals surface area (Å²) in [7, 11) is 1.87. The summed E-state index contributed by atoms with van der Waals surface area (Å²) in [5.41, 5.74) is 0.328. The number of anilines is 1. The van der Waals surface area contributed by atoms with Crippen molar-refractivity contribution in [3.05, 3.63) is 66.1 Å². The summed E-state index contributed by atoms with van der Waals surface area (Å²) in [6.07, 6.45) is 4.90. The molecule has 2 aromatic carbocycles. The smallest absolute Gasteiger partial charge is 0.319 e. The topological polar surface area (TPSA) is 74.7 Å². The van der Waals surface area contributed by atoms with Crippen LogP contribution in [0.15, 0.2) is 55.3 Å². The number of alkyl halides is 1. The van der Waals surface area contributed by atoms with Crippen LogP contribution < -0.4 is 9.64 Å². The van der Waals surface area contributed by atoms with E-state index in [1.54, 1.807) is 23.2 Å². The van der Waals surface area contributed by atoms with E-state index < -0.39 is 17.5 Å². The minimum atomic E-state index is -0.902. The number of benzene rings is 2. The lowest BCUT2D eigenvalue weighted by Crippen LogP contribution is -2.43. The van der Waals surface area contributed by atoms with Gasteiger partial charge in [0, 0.05) is 61.3 Å². The van der Waals surface area contributed by atoms with Gasteiger partial charge in [-0.25, -0.2) is 8.78 Å². The Kier molecular flexibility index (Phi) is 7.37. The fraction of sp³-hybridized carbons (Fsp3) is 0.394. The Morgan fingerprint density at radius 1 is 1.23 bits per heavy atom. The molecule has 3 saturated heterocycles. The van der Waals surface area contributed by atoms with Crippen LogP contribution in [0.5, 0.6) is 6.01 Å². The lowest BCUT2D eigenvalue weighted by atomic mass is 9.95. The van der Waals surface area contributed by atoms with Crippen molar-refractivity contribution in [3.8, 4) is 17.3 Å². The van der Waals surface area contributed by atoms with Crippen LogP contribution in [0.3, 0.4) is 0 Å². The van der Waals surface area contributed by atoms with Gasteiger partial charge < -0.3 is 14.5 Å². The van der Waals surface area contributed by atoms with Gasteiger partial charge in [0.05, 0.1) is 10.9 Å². The summed E-state index contributed by atoms with van der Waals surface area (Å²) >= 11 is 6.58. The molecule has 1 amide bonds. The fourth-order valence-corrected chi connectivity index (χ4v) is 7.53. The van der Waals surface area contributed by atoms with Crippen molar-refractivity contribution in [2.24, 2.45) is 0 Å². The number of nitrogens with zero attached hydrogens (tertiary/aromatic N) is 6. The van der Waals surface area contributed by atoms with Crippen LogP contribution in [0.25, 0.3) is 32.9 Å². The zero-order valence-electron chi connectivity index (χ0n) is 24.5. The van der Waals surface area contributed by atoms with Crippen LogP contribution in [-0.2, 0) is 4.79 Å². The molecule has 4 aromatic rings. The van der Waals surface area contributed by atoms with Crippen LogP contribution in [0, 0.1) is 5.82 Å². The number of hydrogen-bond donors (Lipinski definition) is 0. The lowest BCUT2D eigenvalue weighted by Gasteiger charge is -2.31. The van der Waals surface area contributed by atoms with Gasteiger partial charge in [0.2, 0.25) is 5.91 Å². The molecule has 11 heteroatoms. The van der Waals surface area contributed by atoms with Crippen LogP contribution in [-0.4, -0.2) is 88.2 Å². The van der Waals surface area contributed by atoms with E-state index in [2.05, 4.69) is 21.4 Å². The quantitative estimate of drug-likeness (QED) is 0.242. The van der Waals surface area contributed by atoms with Crippen molar-refractivity contribution in [2.45, 2.75) is 43.4 Å². The van der Waals surface area contributed by atoms with Crippen LogP contribution in [0.4, 0.5) is 14.6 Å². The molecule has 5 heterocycles. The Morgan fingerprint density at radius 3 is 2.86 bits per heavy atom. The fourth-order valence-electron chi connectivity index (χ4n) is 7.24. The lowest BCUT2D eigenvalue weighted by molar-refractivity contribution is -0.125. The minimum absolute atomic E-state index is 0.0203. The number of halogens is 3. The number of ether oxygens (including phenoxy) is 1. The maximum absolute atomic E-state index is 16.6. The first-order valence-corrected chi connectivity index (χ1v) is 15.4. The van der Waals surface area contributed by atoms with Gasteiger partial charge in [0.25, 0.3) is 0 Å². The standard InChI is InChI=1S/C33H33ClF2N6O2/c1-3-26(43)41-14-11-22(18-41)40(2)31-24-16-37-29(23-9-4-7-20-8-5-10-25(34)27(20)23)28(36)30(24)38-32(39-31)44-19-33-12-6-13-42(33)17-21(35)15-33/h3-5,7-10,16,21-22H,1,6,11-15,17-19H2,2H3/t21-,22?,33+/m1/s1. The largest absolute Gasteiger partial charge is 0.461 e. The summed E-state index contributed by atoms with van der Waals surface area (Å²) in [6, 6.07) is 11.0. The van der Waals surface area contributed by atoms with Gasteiger partial charge in [0.1, 0.15) is 29.8 Å². The zero-order chi connectivity index (χ0) is 30.6. The van der Waals surface area contributed by atoms with Crippen molar-refractivity contribution in [1.82, 2.24) is 24.8 Å². The highest BCUT2D eigenvalue weighted by atomic mass is 35.5. The highest BCUT2D eigenvalue weighted by Gasteiger charge is 2.49. The third-order valence-corrected chi connectivity index (χ3v) is 9.83. The monoisotopic (exact) mass is 618 g/mol. The molecule has 44 heavy (non-hydrogen) atoms. The first-order valence-electron chi connectivity index (χ1n) is 15.0. The number of rotatable bonds is 7. The number of amides is 1. The first-order chi connectivity index (χ1) is 21.3. The molecule has 0 saturated carbocycles. The third-order valence-electron chi connectivity index (χ3n) is 9.51. The summed E-state index contributed by atoms with van der Waals surface area (Å²) < 4.78 is 37.3. The number of hydrogen-bond acceptors (Lipinski definition) is 7. The predicted octanol–water partition coefficient (Wildman–Crippen LogP) is 5.82. The third kappa shape index (κ3) is 4.84. The molecule has 0 N–H and O–H groups in total. The highest BCUT2D eigenvalue weighted by molar-refractivity contribution is 6.36. The van der Waals surface area contributed by atoms with E-state index in [1.807, 2.05) is 36.2 Å². The number of fused-ring (bicyclic) bond motifs is 3. The summed E-state index contributed by atoms with van der Waals surface area (Å²) in [6.45, 7) is 6.10. The second kappa shape index (κ2) is 11.2. The maximum atomic E-state index is 16.6. The molecular weight excluding hydrogens is 586 g/mol. The molecule has 3 aliphatic rings. The second-order valence-corrected chi connectivity index (χ2v) is 12.5. The molecule has 8 nitrogen and oxygen atoms in total. The number of likely N-dealkylation sites (N-methyl/N-ethyl adjacent to an activating group) is 1. The summed E-state index contributed by atoms with van der Waals surface area (Å²) in [5, 5.41) is 2.48. The van der Waals surface area contributed by atoms with Crippen molar-refractivity contribution in [3.63, 3.8) is 0 Å². The predicted molar refractivity (Wildman–Crippen MR) is 167 cm³/mol. The highest BCUT2D eigenvalue weighted by Crippen LogP contribution is 2.41. The summed E-state index contributed by atoms with van der Waals surface area (Å²) in [4.78, 5) is 32.0. The van der Waals surface area contributed by atoms with E-state index in [1.165, 1.54) is 6.08 Å². The Labute approximate surface area is 259 Å². The second-order valence-electron chi connectivity index (χ2n) is 12.1. The van der Waals surface area contributed by atoms with Gasteiger partial charge >= 0.3 is 6.01 Å². The molecule has 1 unspecified atom stereocenters. The molecule has 0 aliphatic carbocycles. The molecule has 0 radical (unpaired) electrons. The van der Waals surface area contributed by atoms with Gasteiger partial charge in [-0.2, -0.15) is 9.97 Å². The molecule has 228 valence electrons. The van der Waals surface area contributed by atoms with E-state index in [9.17, 15) is 9.18 Å². The van der Waals surface area contributed by atoms with Gasteiger partial charge in [-0.05, 0) is 43.3 Å². The Morgan fingerprint density at radius 2 is 2.05 bits per heavy atom. The molecule has 3 aliphatic heterocycles. The van der Waals surface area contributed by atoms with Gasteiger partial charge in [-0.3, -0.25) is 14.7 Å². The summed E-state index contributed by atoms with van der Waals surface area (Å²) in [5.74, 6) is -0.295. The number of carbonyl (C=O) groups is 1. The van der Waals surface area contributed by atoms with Crippen LogP contribution in [0.1, 0.15) is 25.7 Å². The van der Waals surface area contributed by atoms with E-state index in [4.69, 9.17) is 21.3 Å². The van der Waals surface area contributed by atoms with Crippen LogP contribution >= 0.6 is 11.6 Å². The molecule has 7 rings (SSSR count). The first kappa shape index (κ1) is 28.9. The van der Waals surface area contributed by atoms with Gasteiger partial charge in [0.15, 0.2) is 5.82 Å². The average Bonchev–Trinajstić information content (AvgIpc) is 3.74. The number of aromatic nitrogens is 3. The maximum Gasteiger partial charge on any atom is 0.319 e. The number of carbonyl (C=O) groups excluding carboxylic acids is 1. The number of likely N-dealkylation sites (tertiary alicyclic amines) is 1. The van der Waals surface area contributed by atoms with Crippen molar-refractivity contribution in [1.29, 1.82) is 0 Å². The van der Waals surface area contributed by atoms with E-state index in [0.29, 0.717) is 59.7 Å². The Bertz CT molecular complexity index is 1780. The normalized spacial score (nSPS) is 23.4. The van der Waals surface area contributed by atoms with Crippen molar-refractivity contribution >= 4 is 45.0 Å². The molecular formula is C33H33ClF2N6O2. The van der Waals surface area contributed by atoms with E-state index in [0.717, 1.165) is 24.8 Å². The SMILES string of the molecule is C=CC(=O)N1CCC(N(C)c2nc(OC[C@@]34CCCN3C[C@H](F)C4)nc3c(F)c(-c4cccc5cccc(Cl)c45)ncc23)C1. The molecule has 3 fully saturated rings. The molecule has 0 bridgehead atoms. The molecule has 2 aromatic heterocycles. The Balaban J connectivity index is 1.32. The molecule has 3 atom stereocenters. The van der Waals surface area contributed by atoms with Crippen LogP contribution in [0.2, 0.25) is 5.02 Å². The Hall–Kier alpha value is -3.89. The molecule has 0 spiro atoms. The van der Waals surface area contributed by atoms with Gasteiger partial charge in [-0.1, -0.05) is 48.5 Å². The van der Waals surface area contributed by atoms with E-state index >= 15 is 4.39 Å². The average molecular weight is 619 g/mol.